The summed E-state index contributed by atoms with van der Waals surface area (Å²) in [7, 11) is 3.80. The van der Waals surface area contributed by atoms with Gasteiger partial charge >= 0.3 is 0 Å². The van der Waals surface area contributed by atoms with E-state index >= 15 is 0 Å². The first-order valence-corrected chi connectivity index (χ1v) is 7.96. The van der Waals surface area contributed by atoms with Gasteiger partial charge in [-0.05, 0) is 17.5 Å². The van der Waals surface area contributed by atoms with Crippen LogP contribution in [0.15, 0.2) is 28.8 Å². The van der Waals surface area contributed by atoms with Crippen molar-refractivity contribution in [3.63, 3.8) is 0 Å². The molecule has 21 heavy (non-hydrogen) atoms. The van der Waals surface area contributed by atoms with E-state index in [0.29, 0.717) is 12.5 Å². The monoisotopic (exact) mass is 305 g/mol. The zero-order chi connectivity index (χ0) is 15.2. The molecule has 0 fully saturated rings. The van der Waals surface area contributed by atoms with Crippen LogP contribution < -0.4 is 10.6 Å². The molecule has 0 unspecified atom stereocenters. The van der Waals surface area contributed by atoms with E-state index in [-0.39, 0.29) is 0 Å². The fourth-order valence-electron chi connectivity index (χ4n) is 1.90. The van der Waals surface area contributed by atoms with Crippen molar-refractivity contribution in [2.24, 2.45) is 12.0 Å². The van der Waals surface area contributed by atoms with Gasteiger partial charge in [0.05, 0.1) is 12.2 Å². The van der Waals surface area contributed by atoms with Crippen molar-refractivity contribution >= 4 is 17.3 Å². The summed E-state index contributed by atoms with van der Waals surface area (Å²) in [5, 5.41) is 9.81. The predicted octanol–water partition coefficient (Wildman–Crippen LogP) is 2.47. The lowest BCUT2D eigenvalue weighted by molar-refractivity contribution is 0.784. The van der Waals surface area contributed by atoms with Crippen LogP contribution in [0, 0.1) is 0 Å². The lowest BCUT2D eigenvalue weighted by atomic mass is 10.2. The maximum atomic E-state index is 4.61. The van der Waals surface area contributed by atoms with E-state index in [2.05, 4.69) is 52.1 Å². The largest absolute Gasteiger partial charge is 0.357 e. The summed E-state index contributed by atoms with van der Waals surface area (Å²) in [6.45, 7) is 5.78. The number of hydrogen-bond acceptors (Lipinski definition) is 3. The van der Waals surface area contributed by atoms with E-state index in [1.165, 1.54) is 5.56 Å². The normalized spacial score (nSPS) is 12.0. The molecule has 2 rings (SSSR count). The SMILES string of the molecule is CN=C(NCc1ccn(C)c1)NCc1nc(C(C)C)cs1. The zero-order valence-electron chi connectivity index (χ0n) is 13.1. The number of rotatable bonds is 5. The highest BCUT2D eigenvalue weighted by Gasteiger charge is 2.06. The topological polar surface area (TPSA) is 54.2 Å². The third-order valence-corrected chi connectivity index (χ3v) is 4.01. The second kappa shape index (κ2) is 7.26. The molecule has 0 aliphatic rings. The molecule has 5 nitrogen and oxygen atoms in total. The molecular weight excluding hydrogens is 282 g/mol. The fourth-order valence-corrected chi connectivity index (χ4v) is 2.80. The second-order valence-corrected chi connectivity index (χ2v) is 6.23. The molecule has 0 saturated heterocycles. The molecule has 0 aliphatic carbocycles. The number of aryl methyl sites for hydroxylation is 1. The van der Waals surface area contributed by atoms with E-state index in [1.807, 2.05) is 17.8 Å². The number of hydrogen-bond donors (Lipinski definition) is 2. The highest BCUT2D eigenvalue weighted by molar-refractivity contribution is 7.09. The molecule has 0 atom stereocenters. The molecule has 0 amide bonds. The van der Waals surface area contributed by atoms with Gasteiger partial charge in [-0.25, -0.2) is 4.98 Å². The summed E-state index contributed by atoms with van der Waals surface area (Å²) in [6, 6.07) is 2.09. The molecule has 2 aromatic heterocycles. The standard InChI is InChI=1S/C15H23N5S/c1-11(2)13-10-21-14(19-13)8-18-15(16-3)17-7-12-5-6-20(4)9-12/h5-6,9-11H,7-8H2,1-4H3,(H2,16,17,18). The van der Waals surface area contributed by atoms with E-state index in [1.54, 1.807) is 18.4 Å². The summed E-state index contributed by atoms with van der Waals surface area (Å²) < 4.78 is 2.04. The van der Waals surface area contributed by atoms with Gasteiger partial charge in [0, 0.05) is 38.4 Å². The van der Waals surface area contributed by atoms with Crippen molar-refractivity contribution < 1.29 is 0 Å². The molecule has 114 valence electrons. The van der Waals surface area contributed by atoms with Gasteiger partial charge < -0.3 is 15.2 Å². The number of thiazole rings is 1. The summed E-state index contributed by atoms with van der Waals surface area (Å²) >= 11 is 1.69. The fraction of sp³-hybridized carbons (Fsp3) is 0.467. The van der Waals surface area contributed by atoms with Crippen LogP contribution in [-0.2, 0) is 20.1 Å². The summed E-state index contributed by atoms with van der Waals surface area (Å²) in [5.74, 6) is 1.27. The Balaban J connectivity index is 1.82. The predicted molar refractivity (Wildman–Crippen MR) is 88.7 cm³/mol. The van der Waals surface area contributed by atoms with E-state index in [0.717, 1.165) is 23.2 Å². The molecule has 0 saturated carbocycles. The van der Waals surface area contributed by atoms with Crippen LogP contribution in [0.4, 0.5) is 0 Å². The second-order valence-electron chi connectivity index (χ2n) is 5.29. The van der Waals surface area contributed by atoms with Gasteiger partial charge in [-0.2, -0.15) is 0 Å². The quantitative estimate of drug-likeness (QED) is 0.659. The van der Waals surface area contributed by atoms with E-state index in [4.69, 9.17) is 0 Å². The Bertz CT molecular complexity index is 597. The van der Waals surface area contributed by atoms with Crippen molar-refractivity contribution in [2.45, 2.75) is 32.9 Å². The molecule has 6 heteroatoms. The molecule has 0 aromatic carbocycles. The van der Waals surface area contributed by atoms with Crippen molar-refractivity contribution in [3.05, 3.63) is 40.1 Å². The van der Waals surface area contributed by atoms with Crippen LogP contribution in [0.5, 0.6) is 0 Å². The lowest BCUT2D eigenvalue weighted by Gasteiger charge is -2.10. The first-order chi connectivity index (χ1) is 10.1. The van der Waals surface area contributed by atoms with Gasteiger partial charge in [-0.15, -0.1) is 11.3 Å². The Labute approximate surface area is 130 Å². The van der Waals surface area contributed by atoms with Crippen molar-refractivity contribution in [1.82, 2.24) is 20.2 Å². The maximum Gasteiger partial charge on any atom is 0.191 e. The maximum absolute atomic E-state index is 4.61. The molecular formula is C15H23N5S. The molecule has 2 heterocycles. The van der Waals surface area contributed by atoms with Crippen molar-refractivity contribution in [3.8, 4) is 0 Å². The minimum atomic E-state index is 0.477. The van der Waals surface area contributed by atoms with Crippen LogP contribution in [0.3, 0.4) is 0 Å². The first-order valence-electron chi connectivity index (χ1n) is 7.08. The summed E-state index contributed by atoms with van der Waals surface area (Å²) in [5.41, 5.74) is 2.39. The Morgan fingerprint density at radius 1 is 1.38 bits per heavy atom. The third-order valence-electron chi connectivity index (χ3n) is 3.14. The van der Waals surface area contributed by atoms with Crippen LogP contribution in [0.1, 0.15) is 36.0 Å². The number of guanidine groups is 1. The van der Waals surface area contributed by atoms with Gasteiger partial charge in [-0.1, -0.05) is 13.8 Å². The van der Waals surface area contributed by atoms with Gasteiger partial charge in [-0.3, -0.25) is 4.99 Å². The summed E-state index contributed by atoms with van der Waals surface area (Å²) in [4.78, 5) is 8.84. The third kappa shape index (κ3) is 4.60. The lowest BCUT2D eigenvalue weighted by Crippen LogP contribution is -2.36. The molecule has 2 aromatic rings. The zero-order valence-corrected chi connectivity index (χ0v) is 13.9. The minimum Gasteiger partial charge on any atom is -0.357 e. The molecule has 0 bridgehead atoms. The highest BCUT2D eigenvalue weighted by atomic mass is 32.1. The Hall–Kier alpha value is -1.82. The molecule has 0 radical (unpaired) electrons. The summed E-state index contributed by atoms with van der Waals surface area (Å²) in [6.07, 6.45) is 4.13. The van der Waals surface area contributed by atoms with Gasteiger partial charge in [0.15, 0.2) is 5.96 Å². The van der Waals surface area contributed by atoms with Gasteiger partial charge in [0.25, 0.3) is 0 Å². The molecule has 0 aliphatic heterocycles. The van der Waals surface area contributed by atoms with Crippen LogP contribution in [0.25, 0.3) is 0 Å². The van der Waals surface area contributed by atoms with Crippen molar-refractivity contribution in [1.29, 1.82) is 0 Å². The Kier molecular flexibility index (Phi) is 5.38. The van der Waals surface area contributed by atoms with Gasteiger partial charge in [0.1, 0.15) is 5.01 Å². The number of nitrogens with one attached hydrogen (secondary N) is 2. The highest BCUT2D eigenvalue weighted by Crippen LogP contribution is 2.17. The number of nitrogens with zero attached hydrogens (tertiary/aromatic N) is 3. The number of aromatic nitrogens is 2. The smallest absolute Gasteiger partial charge is 0.191 e. The van der Waals surface area contributed by atoms with E-state index in [9.17, 15) is 0 Å². The minimum absolute atomic E-state index is 0.477. The van der Waals surface area contributed by atoms with E-state index < -0.39 is 0 Å². The Morgan fingerprint density at radius 3 is 2.71 bits per heavy atom. The average molecular weight is 305 g/mol. The Morgan fingerprint density at radius 2 is 2.14 bits per heavy atom. The first kappa shape index (κ1) is 15.6. The molecule has 2 N–H and O–H groups in total. The average Bonchev–Trinajstić information content (AvgIpc) is 3.08. The molecule has 0 spiro atoms. The van der Waals surface area contributed by atoms with Crippen LogP contribution in [-0.4, -0.2) is 22.6 Å². The van der Waals surface area contributed by atoms with Crippen LogP contribution >= 0.6 is 11.3 Å². The van der Waals surface area contributed by atoms with Gasteiger partial charge in [0.2, 0.25) is 0 Å². The number of aliphatic imine (C=N–C) groups is 1. The van der Waals surface area contributed by atoms with Crippen molar-refractivity contribution in [2.75, 3.05) is 7.05 Å². The van der Waals surface area contributed by atoms with Crippen LogP contribution in [0.2, 0.25) is 0 Å².